The molecule has 0 aromatic heterocycles. The van der Waals surface area contributed by atoms with Crippen LogP contribution in [0, 0.1) is 5.82 Å². The average Bonchev–Trinajstić information content (AvgIpc) is 2.61. The summed E-state index contributed by atoms with van der Waals surface area (Å²) in [6, 6.07) is 14.1. The minimum Gasteiger partial charge on any atom is -0.496 e. The lowest BCUT2D eigenvalue weighted by molar-refractivity contribution is -0.120. The molecule has 0 heterocycles. The molecule has 0 atom stereocenters. The Hall–Kier alpha value is -2.40. The molecule has 1 amide bonds. The lowest BCUT2D eigenvalue weighted by Gasteiger charge is -2.09. The molecule has 4 nitrogen and oxygen atoms in total. The van der Waals surface area contributed by atoms with E-state index in [2.05, 4.69) is 10.6 Å². The van der Waals surface area contributed by atoms with Crippen LogP contribution < -0.4 is 15.4 Å². The third-order valence-electron chi connectivity index (χ3n) is 3.69. The van der Waals surface area contributed by atoms with Crippen LogP contribution in [0.3, 0.4) is 0 Å². The number of carbonyl (C=O) groups excluding carboxylic acids is 1. The summed E-state index contributed by atoms with van der Waals surface area (Å²) in [5.41, 5.74) is 2.07. The van der Waals surface area contributed by atoms with Gasteiger partial charge in [-0.05, 0) is 30.2 Å². The summed E-state index contributed by atoms with van der Waals surface area (Å²) in [4.78, 5) is 11.8. The highest BCUT2D eigenvalue weighted by molar-refractivity contribution is 5.76. The van der Waals surface area contributed by atoms with E-state index in [9.17, 15) is 9.18 Å². The first kappa shape index (κ1) is 17.9. The number of benzene rings is 2. The third-order valence-corrected chi connectivity index (χ3v) is 3.69. The van der Waals surface area contributed by atoms with Crippen LogP contribution in [0.5, 0.6) is 5.75 Å². The second-order valence-corrected chi connectivity index (χ2v) is 5.47. The maximum Gasteiger partial charge on any atom is 0.221 e. The van der Waals surface area contributed by atoms with Crippen molar-refractivity contribution in [1.82, 2.24) is 10.6 Å². The molecule has 0 saturated heterocycles. The van der Waals surface area contributed by atoms with Crippen molar-refractivity contribution in [1.29, 1.82) is 0 Å². The molecule has 2 rings (SSSR count). The van der Waals surface area contributed by atoms with Crippen molar-refractivity contribution < 1.29 is 13.9 Å². The van der Waals surface area contributed by atoms with Gasteiger partial charge < -0.3 is 15.4 Å². The second kappa shape index (κ2) is 9.67. The van der Waals surface area contributed by atoms with Gasteiger partial charge in [-0.15, -0.1) is 0 Å². The normalized spacial score (nSPS) is 10.4. The minimum atomic E-state index is -0.246. The zero-order chi connectivity index (χ0) is 17.2. The Morgan fingerprint density at radius 2 is 1.83 bits per heavy atom. The highest BCUT2D eigenvalue weighted by Gasteiger charge is 2.03. The molecule has 24 heavy (non-hydrogen) atoms. The maximum absolute atomic E-state index is 12.8. The second-order valence-electron chi connectivity index (χ2n) is 5.47. The summed E-state index contributed by atoms with van der Waals surface area (Å²) in [6.45, 7) is 1.81. The Morgan fingerprint density at radius 3 is 2.58 bits per heavy atom. The molecule has 2 N–H and O–H groups in total. The highest BCUT2D eigenvalue weighted by Crippen LogP contribution is 2.16. The van der Waals surface area contributed by atoms with E-state index in [4.69, 9.17) is 4.74 Å². The van der Waals surface area contributed by atoms with Gasteiger partial charge in [-0.25, -0.2) is 4.39 Å². The Kier molecular flexibility index (Phi) is 7.23. The predicted molar refractivity (Wildman–Crippen MR) is 92.4 cm³/mol. The van der Waals surface area contributed by atoms with Gasteiger partial charge in [0.15, 0.2) is 0 Å². The van der Waals surface area contributed by atoms with E-state index in [0.29, 0.717) is 32.5 Å². The summed E-state index contributed by atoms with van der Waals surface area (Å²) >= 11 is 0. The predicted octanol–water partition coefficient (Wildman–Crippen LogP) is 2.67. The van der Waals surface area contributed by atoms with Crippen molar-refractivity contribution in [3.8, 4) is 5.75 Å². The van der Waals surface area contributed by atoms with Gasteiger partial charge in [-0.1, -0.05) is 30.3 Å². The van der Waals surface area contributed by atoms with Crippen molar-refractivity contribution in [2.75, 3.05) is 20.2 Å². The molecule has 0 radical (unpaired) electrons. The Bertz CT molecular complexity index is 644. The lowest BCUT2D eigenvalue weighted by Crippen LogP contribution is -2.29. The minimum absolute atomic E-state index is 0.00429. The first-order chi connectivity index (χ1) is 11.7. The van der Waals surface area contributed by atoms with Crippen molar-refractivity contribution in [3.05, 3.63) is 65.5 Å². The van der Waals surface area contributed by atoms with Gasteiger partial charge in [0.25, 0.3) is 0 Å². The van der Waals surface area contributed by atoms with Crippen molar-refractivity contribution in [3.63, 3.8) is 0 Å². The van der Waals surface area contributed by atoms with Gasteiger partial charge in [0.05, 0.1) is 7.11 Å². The molecule has 0 aliphatic carbocycles. The maximum atomic E-state index is 12.8. The van der Waals surface area contributed by atoms with Gasteiger partial charge in [-0.2, -0.15) is 0 Å². The van der Waals surface area contributed by atoms with Crippen molar-refractivity contribution in [2.45, 2.75) is 19.4 Å². The number of halogens is 1. The molecule has 0 fully saturated rings. The summed E-state index contributed by atoms with van der Waals surface area (Å²) in [5, 5.41) is 6.11. The van der Waals surface area contributed by atoms with Gasteiger partial charge in [-0.3, -0.25) is 4.79 Å². The van der Waals surface area contributed by atoms with E-state index in [1.165, 1.54) is 12.1 Å². The van der Waals surface area contributed by atoms with E-state index < -0.39 is 0 Å². The van der Waals surface area contributed by atoms with Crippen LogP contribution in [0.15, 0.2) is 48.5 Å². The number of methoxy groups -OCH3 is 1. The van der Waals surface area contributed by atoms with Crippen LogP contribution >= 0.6 is 0 Å². The van der Waals surface area contributed by atoms with E-state index in [-0.39, 0.29) is 11.7 Å². The molecule has 2 aromatic carbocycles. The number of hydrogen-bond acceptors (Lipinski definition) is 3. The van der Waals surface area contributed by atoms with Crippen LogP contribution in [-0.2, 0) is 17.8 Å². The third kappa shape index (κ3) is 6.01. The molecule has 5 heteroatoms. The largest absolute Gasteiger partial charge is 0.496 e. The zero-order valence-electron chi connectivity index (χ0n) is 13.8. The number of para-hydroxylation sites is 1. The molecular formula is C19H23FN2O2. The molecule has 0 saturated carbocycles. The summed E-state index contributed by atoms with van der Waals surface area (Å²) in [7, 11) is 1.65. The fourth-order valence-electron chi connectivity index (χ4n) is 2.36. The van der Waals surface area contributed by atoms with Crippen LogP contribution in [0.4, 0.5) is 4.39 Å². The Balaban J connectivity index is 1.60. The summed E-state index contributed by atoms with van der Waals surface area (Å²) in [6.07, 6.45) is 1.11. The molecule has 0 spiro atoms. The van der Waals surface area contributed by atoms with Crippen LogP contribution in [0.2, 0.25) is 0 Å². The SMILES string of the molecule is COc1ccccc1CNCCC(=O)NCCc1ccc(F)cc1. The summed E-state index contributed by atoms with van der Waals surface area (Å²) in [5.74, 6) is 0.599. The smallest absolute Gasteiger partial charge is 0.221 e. The van der Waals surface area contributed by atoms with Crippen LogP contribution in [0.1, 0.15) is 17.5 Å². The molecule has 128 valence electrons. The number of rotatable bonds is 9. The van der Waals surface area contributed by atoms with Crippen molar-refractivity contribution in [2.24, 2.45) is 0 Å². The number of ether oxygens (including phenoxy) is 1. The highest BCUT2D eigenvalue weighted by atomic mass is 19.1. The molecular weight excluding hydrogens is 307 g/mol. The van der Waals surface area contributed by atoms with Gasteiger partial charge in [0.2, 0.25) is 5.91 Å². The van der Waals surface area contributed by atoms with E-state index >= 15 is 0 Å². The monoisotopic (exact) mass is 330 g/mol. The molecule has 0 aliphatic rings. The summed E-state index contributed by atoms with van der Waals surface area (Å²) < 4.78 is 18.1. The van der Waals surface area contributed by atoms with Crippen LogP contribution in [0.25, 0.3) is 0 Å². The Morgan fingerprint density at radius 1 is 1.08 bits per heavy atom. The first-order valence-electron chi connectivity index (χ1n) is 8.03. The van der Waals surface area contributed by atoms with E-state index in [1.54, 1.807) is 19.2 Å². The number of hydrogen-bond donors (Lipinski definition) is 2. The number of nitrogens with one attached hydrogen (secondary N) is 2. The molecule has 2 aromatic rings. The quantitative estimate of drug-likeness (QED) is 0.695. The fourth-order valence-corrected chi connectivity index (χ4v) is 2.36. The van der Waals surface area contributed by atoms with Gasteiger partial charge in [0, 0.05) is 31.6 Å². The Labute approximate surface area is 142 Å². The topological polar surface area (TPSA) is 50.4 Å². The van der Waals surface area contributed by atoms with Gasteiger partial charge >= 0.3 is 0 Å². The molecule has 0 bridgehead atoms. The van der Waals surface area contributed by atoms with E-state index in [0.717, 1.165) is 16.9 Å². The average molecular weight is 330 g/mol. The fraction of sp³-hybridized carbons (Fsp3) is 0.316. The van der Waals surface area contributed by atoms with Crippen molar-refractivity contribution >= 4 is 5.91 Å². The lowest BCUT2D eigenvalue weighted by atomic mass is 10.1. The number of carbonyl (C=O) groups is 1. The first-order valence-corrected chi connectivity index (χ1v) is 8.03. The zero-order valence-corrected chi connectivity index (χ0v) is 13.8. The van der Waals surface area contributed by atoms with E-state index in [1.807, 2.05) is 24.3 Å². The standard InChI is InChI=1S/C19H23FN2O2/c1-24-18-5-3-2-4-16(18)14-21-12-11-19(23)22-13-10-15-6-8-17(20)9-7-15/h2-9,21H,10-14H2,1H3,(H,22,23). The van der Waals surface area contributed by atoms with Gasteiger partial charge in [0.1, 0.15) is 11.6 Å². The van der Waals surface area contributed by atoms with Crippen LogP contribution in [-0.4, -0.2) is 26.1 Å². The molecule has 0 unspecified atom stereocenters. The number of amides is 1. The molecule has 0 aliphatic heterocycles.